The molecule has 0 bridgehead atoms. The summed E-state index contributed by atoms with van der Waals surface area (Å²) in [6.07, 6.45) is 1.43. The van der Waals surface area contributed by atoms with Gasteiger partial charge in [0.1, 0.15) is 11.4 Å². The van der Waals surface area contributed by atoms with Gasteiger partial charge in [-0.15, -0.1) is 0 Å². The Kier molecular flexibility index (Phi) is 4.59. The van der Waals surface area contributed by atoms with Crippen LogP contribution < -0.4 is 5.32 Å². The maximum Gasteiger partial charge on any atom is 0.314 e. The Morgan fingerprint density at radius 1 is 0.871 bits per heavy atom. The third-order valence-electron chi connectivity index (χ3n) is 6.07. The molecule has 0 saturated heterocycles. The van der Waals surface area contributed by atoms with Gasteiger partial charge < -0.3 is 14.9 Å². The van der Waals surface area contributed by atoms with Gasteiger partial charge in [0.05, 0.1) is 5.41 Å². The minimum Gasteiger partial charge on any atom is -0.481 e. The number of carbonyl (C=O) groups is 1. The van der Waals surface area contributed by atoms with Crippen LogP contribution in [0, 0.1) is 0 Å². The molecule has 1 heterocycles. The van der Waals surface area contributed by atoms with Gasteiger partial charge in [0.2, 0.25) is 0 Å². The third kappa shape index (κ3) is 3.28. The average molecular weight is 410 g/mol. The van der Waals surface area contributed by atoms with E-state index in [1.807, 2.05) is 85.9 Å². The van der Waals surface area contributed by atoms with E-state index in [1.165, 1.54) is 0 Å². The molecule has 154 valence electrons. The largest absolute Gasteiger partial charge is 0.481 e. The van der Waals surface area contributed by atoms with Crippen molar-refractivity contribution in [2.75, 3.05) is 12.4 Å². The first-order valence-corrected chi connectivity index (χ1v) is 10.3. The average Bonchev–Trinajstić information content (AvgIpc) is 3.53. The van der Waals surface area contributed by atoms with Crippen LogP contribution in [-0.2, 0) is 10.2 Å². The third-order valence-corrected chi connectivity index (χ3v) is 6.07. The molecule has 1 aliphatic rings. The Bertz CT molecular complexity index is 1220. The van der Waals surface area contributed by atoms with Crippen LogP contribution in [0.3, 0.4) is 0 Å². The van der Waals surface area contributed by atoms with Gasteiger partial charge in [-0.1, -0.05) is 84.0 Å². The lowest BCUT2D eigenvalue weighted by molar-refractivity contribution is -0.140. The number of hydrogen-bond acceptors (Lipinski definition) is 4. The fourth-order valence-electron chi connectivity index (χ4n) is 4.06. The first-order valence-electron chi connectivity index (χ1n) is 10.3. The van der Waals surface area contributed by atoms with Gasteiger partial charge >= 0.3 is 5.97 Å². The van der Waals surface area contributed by atoms with Crippen molar-refractivity contribution in [3.63, 3.8) is 0 Å². The van der Waals surface area contributed by atoms with Crippen LogP contribution >= 0.6 is 0 Å². The summed E-state index contributed by atoms with van der Waals surface area (Å²) in [6, 6.07) is 25.9. The molecule has 2 N–H and O–H groups in total. The number of aromatic nitrogens is 1. The lowest BCUT2D eigenvalue weighted by Crippen LogP contribution is -2.19. The van der Waals surface area contributed by atoms with Crippen molar-refractivity contribution in [3.05, 3.63) is 84.4 Å². The number of benzene rings is 3. The van der Waals surface area contributed by atoms with Crippen LogP contribution in [-0.4, -0.2) is 23.3 Å². The fraction of sp³-hybridized carbons (Fsp3) is 0.154. The number of carboxylic acid groups (broad SMARTS) is 1. The Hall–Kier alpha value is -3.86. The zero-order valence-corrected chi connectivity index (χ0v) is 17.1. The fourth-order valence-corrected chi connectivity index (χ4v) is 4.06. The molecule has 1 saturated carbocycles. The monoisotopic (exact) mass is 410 g/mol. The number of carboxylic acids is 1. The van der Waals surface area contributed by atoms with Gasteiger partial charge in [0, 0.05) is 18.2 Å². The highest BCUT2D eigenvalue weighted by atomic mass is 16.5. The van der Waals surface area contributed by atoms with Crippen molar-refractivity contribution >= 4 is 11.7 Å². The topological polar surface area (TPSA) is 75.4 Å². The number of nitrogens with zero attached hydrogens (tertiary/aromatic N) is 1. The number of rotatable bonds is 6. The van der Waals surface area contributed by atoms with Crippen molar-refractivity contribution in [2.45, 2.75) is 18.3 Å². The first kappa shape index (κ1) is 19.1. The number of anilines is 1. The normalized spacial score (nSPS) is 14.2. The summed E-state index contributed by atoms with van der Waals surface area (Å²) in [5.41, 5.74) is 5.88. The van der Waals surface area contributed by atoms with E-state index in [9.17, 15) is 9.90 Å². The molecule has 5 rings (SSSR count). The number of hydrogen-bond donors (Lipinski definition) is 2. The summed E-state index contributed by atoms with van der Waals surface area (Å²) < 4.78 is 5.69. The van der Waals surface area contributed by atoms with Gasteiger partial charge in [-0.05, 0) is 29.5 Å². The summed E-state index contributed by atoms with van der Waals surface area (Å²) in [6.45, 7) is 0. The highest BCUT2D eigenvalue weighted by molar-refractivity contribution is 5.86. The van der Waals surface area contributed by atoms with E-state index < -0.39 is 11.4 Å². The van der Waals surface area contributed by atoms with E-state index in [4.69, 9.17) is 4.52 Å². The smallest absolute Gasteiger partial charge is 0.314 e. The molecule has 1 aromatic heterocycles. The van der Waals surface area contributed by atoms with Crippen molar-refractivity contribution in [1.29, 1.82) is 0 Å². The number of aliphatic carboxylic acids is 1. The molecular weight excluding hydrogens is 388 g/mol. The summed E-state index contributed by atoms with van der Waals surface area (Å²) in [5.74, 6) is -0.0349. The maximum atomic E-state index is 11.5. The predicted molar refractivity (Wildman–Crippen MR) is 121 cm³/mol. The summed E-state index contributed by atoms with van der Waals surface area (Å²) in [7, 11) is 1.86. The zero-order valence-electron chi connectivity index (χ0n) is 17.1. The molecule has 5 nitrogen and oxygen atoms in total. The van der Waals surface area contributed by atoms with Gasteiger partial charge in [-0.25, -0.2) is 0 Å². The molecule has 0 atom stereocenters. The molecule has 0 amide bonds. The Labute approximate surface area is 180 Å². The Balaban J connectivity index is 1.42. The van der Waals surface area contributed by atoms with Crippen LogP contribution in [0.4, 0.5) is 5.69 Å². The Morgan fingerprint density at radius 3 is 2.00 bits per heavy atom. The van der Waals surface area contributed by atoms with Crippen LogP contribution in [0.5, 0.6) is 0 Å². The van der Waals surface area contributed by atoms with E-state index >= 15 is 0 Å². The number of nitrogens with one attached hydrogen (secondary N) is 1. The summed E-state index contributed by atoms with van der Waals surface area (Å²) >= 11 is 0. The molecule has 0 radical (unpaired) electrons. The van der Waals surface area contributed by atoms with Crippen molar-refractivity contribution in [2.24, 2.45) is 0 Å². The van der Waals surface area contributed by atoms with E-state index in [0.717, 1.165) is 39.2 Å². The van der Waals surface area contributed by atoms with E-state index in [0.29, 0.717) is 18.6 Å². The highest BCUT2D eigenvalue weighted by Crippen LogP contribution is 2.48. The van der Waals surface area contributed by atoms with Crippen molar-refractivity contribution < 1.29 is 14.4 Å². The standard InChI is InChI=1S/C26H22N2O3/c1-27-23-22(19-5-3-2-4-6-19)28-31-24(23)20-9-7-17(8-10-20)18-11-13-21(14-12-18)26(15-16-26)25(29)30/h2-14,27H,15-16H2,1H3,(H,29,30). The molecule has 5 heteroatoms. The molecule has 1 fully saturated rings. The van der Waals surface area contributed by atoms with Crippen molar-refractivity contribution in [1.82, 2.24) is 5.16 Å². The minimum atomic E-state index is -0.730. The van der Waals surface area contributed by atoms with E-state index in [2.05, 4.69) is 10.5 Å². The quantitative estimate of drug-likeness (QED) is 0.418. The molecule has 0 aliphatic heterocycles. The molecular formula is C26H22N2O3. The van der Waals surface area contributed by atoms with Gasteiger partial charge in [-0.2, -0.15) is 0 Å². The summed E-state index contributed by atoms with van der Waals surface area (Å²) in [4.78, 5) is 11.5. The molecule has 1 aliphatic carbocycles. The second kappa shape index (κ2) is 7.43. The second-order valence-electron chi connectivity index (χ2n) is 7.89. The molecule has 3 aromatic carbocycles. The maximum absolute atomic E-state index is 11.5. The minimum absolute atomic E-state index is 0.672. The second-order valence-corrected chi connectivity index (χ2v) is 7.89. The van der Waals surface area contributed by atoms with Gasteiger partial charge in [-0.3, -0.25) is 4.79 Å². The molecule has 31 heavy (non-hydrogen) atoms. The van der Waals surface area contributed by atoms with Gasteiger partial charge in [0.15, 0.2) is 5.76 Å². The first-order chi connectivity index (χ1) is 15.1. The lowest BCUT2D eigenvalue weighted by Gasteiger charge is -2.11. The summed E-state index contributed by atoms with van der Waals surface area (Å²) in [5, 5.41) is 17.0. The van der Waals surface area contributed by atoms with Crippen LogP contribution in [0.1, 0.15) is 18.4 Å². The van der Waals surface area contributed by atoms with Crippen molar-refractivity contribution in [3.8, 4) is 33.7 Å². The van der Waals surface area contributed by atoms with E-state index in [-0.39, 0.29) is 0 Å². The Morgan fingerprint density at radius 2 is 1.45 bits per heavy atom. The zero-order chi connectivity index (χ0) is 21.4. The van der Waals surface area contributed by atoms with Gasteiger partial charge in [0.25, 0.3) is 0 Å². The molecule has 0 unspecified atom stereocenters. The highest BCUT2D eigenvalue weighted by Gasteiger charge is 2.51. The predicted octanol–water partition coefficient (Wildman–Crippen LogP) is 5.83. The molecule has 0 spiro atoms. The lowest BCUT2D eigenvalue weighted by atomic mass is 9.93. The molecule has 4 aromatic rings. The van der Waals surface area contributed by atoms with Crippen LogP contribution in [0.2, 0.25) is 0 Å². The SMILES string of the molecule is CNc1c(-c2ccccc2)noc1-c1ccc(-c2ccc(C3(C(=O)O)CC3)cc2)cc1. The van der Waals surface area contributed by atoms with E-state index in [1.54, 1.807) is 0 Å². The van der Waals surface area contributed by atoms with Crippen LogP contribution in [0.25, 0.3) is 33.7 Å². The van der Waals surface area contributed by atoms with Crippen LogP contribution in [0.15, 0.2) is 83.4 Å².